The molecule has 2 N–H and O–H groups in total. The van der Waals surface area contributed by atoms with E-state index in [1.165, 1.54) is 5.56 Å². The van der Waals surface area contributed by atoms with Crippen LogP contribution in [0.3, 0.4) is 0 Å². The minimum absolute atomic E-state index is 0. The van der Waals surface area contributed by atoms with E-state index >= 15 is 0 Å². The smallest absolute Gasteiger partial charge is 0.0321 e. The molecule has 0 amide bonds. The maximum atomic E-state index is 6.10. The SMILES string of the molecule is CCC(C)[C@@H](N)c1cccc(Br)c1.Cl. The number of halogens is 2. The van der Waals surface area contributed by atoms with Gasteiger partial charge in [0, 0.05) is 10.5 Å². The summed E-state index contributed by atoms with van der Waals surface area (Å²) in [6.07, 6.45) is 1.12. The molecule has 1 aromatic rings. The van der Waals surface area contributed by atoms with Crippen molar-refractivity contribution in [1.29, 1.82) is 0 Å². The summed E-state index contributed by atoms with van der Waals surface area (Å²) in [5, 5.41) is 0. The van der Waals surface area contributed by atoms with Crippen LogP contribution in [-0.2, 0) is 0 Å². The predicted molar refractivity (Wildman–Crippen MR) is 67.8 cm³/mol. The van der Waals surface area contributed by atoms with Gasteiger partial charge in [-0.05, 0) is 23.6 Å². The standard InChI is InChI=1S/C11H16BrN.ClH/c1-3-8(2)11(13)9-5-4-6-10(12)7-9;/h4-8,11H,3,13H2,1-2H3;1H/t8?,11-;/m1./s1. The molecule has 0 fully saturated rings. The minimum Gasteiger partial charge on any atom is -0.324 e. The van der Waals surface area contributed by atoms with Gasteiger partial charge in [-0.15, -0.1) is 12.4 Å². The number of nitrogens with two attached hydrogens (primary N) is 1. The molecule has 0 aromatic heterocycles. The van der Waals surface area contributed by atoms with E-state index in [0.29, 0.717) is 5.92 Å². The Bertz CT molecular complexity index is 278. The second kappa shape index (κ2) is 6.44. The molecule has 0 aliphatic carbocycles. The zero-order valence-corrected chi connectivity index (χ0v) is 10.9. The van der Waals surface area contributed by atoms with Gasteiger partial charge >= 0.3 is 0 Å². The largest absolute Gasteiger partial charge is 0.324 e. The highest BCUT2D eigenvalue weighted by Crippen LogP contribution is 2.23. The van der Waals surface area contributed by atoms with E-state index in [9.17, 15) is 0 Å². The fourth-order valence-electron chi connectivity index (χ4n) is 1.30. The summed E-state index contributed by atoms with van der Waals surface area (Å²) in [5.74, 6) is 0.536. The van der Waals surface area contributed by atoms with Gasteiger partial charge in [0.1, 0.15) is 0 Å². The van der Waals surface area contributed by atoms with Crippen LogP contribution in [0.25, 0.3) is 0 Å². The Morgan fingerprint density at radius 2 is 2.07 bits per heavy atom. The van der Waals surface area contributed by atoms with Gasteiger partial charge in [-0.2, -0.15) is 0 Å². The first-order chi connectivity index (χ1) is 6.15. The third-order valence-corrected chi connectivity index (χ3v) is 2.98. The Hall–Kier alpha value is -0.0500. The zero-order valence-electron chi connectivity index (χ0n) is 8.53. The van der Waals surface area contributed by atoms with Crippen LogP contribution in [0.4, 0.5) is 0 Å². The van der Waals surface area contributed by atoms with Gasteiger partial charge in [-0.3, -0.25) is 0 Å². The van der Waals surface area contributed by atoms with E-state index in [1.807, 2.05) is 12.1 Å². The molecule has 0 saturated carbocycles. The summed E-state index contributed by atoms with van der Waals surface area (Å²) >= 11 is 3.45. The summed E-state index contributed by atoms with van der Waals surface area (Å²) in [5.41, 5.74) is 7.31. The molecule has 1 aromatic carbocycles. The Labute approximate surface area is 101 Å². The van der Waals surface area contributed by atoms with Crippen molar-refractivity contribution in [2.75, 3.05) is 0 Å². The number of hydrogen-bond acceptors (Lipinski definition) is 1. The molecule has 0 bridgehead atoms. The lowest BCUT2D eigenvalue weighted by Crippen LogP contribution is -2.18. The van der Waals surface area contributed by atoms with E-state index < -0.39 is 0 Å². The molecule has 1 nitrogen and oxygen atoms in total. The fraction of sp³-hybridized carbons (Fsp3) is 0.455. The van der Waals surface area contributed by atoms with Crippen molar-refractivity contribution in [3.8, 4) is 0 Å². The molecule has 1 unspecified atom stereocenters. The van der Waals surface area contributed by atoms with Crippen LogP contribution in [-0.4, -0.2) is 0 Å². The third-order valence-electron chi connectivity index (χ3n) is 2.49. The van der Waals surface area contributed by atoms with Crippen molar-refractivity contribution in [3.63, 3.8) is 0 Å². The third kappa shape index (κ3) is 3.60. The molecular formula is C11H17BrClN. The Morgan fingerprint density at radius 1 is 1.43 bits per heavy atom. The van der Waals surface area contributed by atoms with Crippen LogP contribution in [0.2, 0.25) is 0 Å². The number of benzene rings is 1. The van der Waals surface area contributed by atoms with Gasteiger partial charge in [0.25, 0.3) is 0 Å². The minimum atomic E-state index is 0. The van der Waals surface area contributed by atoms with Crippen molar-refractivity contribution in [2.24, 2.45) is 11.7 Å². The van der Waals surface area contributed by atoms with Crippen LogP contribution < -0.4 is 5.73 Å². The molecule has 80 valence electrons. The molecule has 0 aliphatic rings. The van der Waals surface area contributed by atoms with Gasteiger partial charge in [0.05, 0.1) is 0 Å². The maximum Gasteiger partial charge on any atom is 0.0321 e. The van der Waals surface area contributed by atoms with Crippen molar-refractivity contribution in [1.82, 2.24) is 0 Å². The average molecular weight is 279 g/mol. The summed E-state index contributed by atoms with van der Waals surface area (Å²) in [6.45, 7) is 4.36. The van der Waals surface area contributed by atoms with Crippen molar-refractivity contribution in [2.45, 2.75) is 26.3 Å². The number of hydrogen-bond donors (Lipinski definition) is 1. The van der Waals surface area contributed by atoms with E-state index in [-0.39, 0.29) is 18.4 Å². The molecule has 0 radical (unpaired) electrons. The van der Waals surface area contributed by atoms with Crippen LogP contribution in [0, 0.1) is 5.92 Å². The fourth-order valence-corrected chi connectivity index (χ4v) is 1.71. The molecule has 0 aliphatic heterocycles. The predicted octanol–water partition coefficient (Wildman–Crippen LogP) is 3.92. The van der Waals surface area contributed by atoms with Crippen molar-refractivity contribution < 1.29 is 0 Å². The molecule has 0 spiro atoms. The van der Waals surface area contributed by atoms with E-state index in [1.54, 1.807) is 0 Å². The van der Waals surface area contributed by atoms with Crippen LogP contribution >= 0.6 is 28.3 Å². The van der Waals surface area contributed by atoms with Crippen molar-refractivity contribution in [3.05, 3.63) is 34.3 Å². The molecule has 1 rings (SSSR count). The summed E-state index contributed by atoms with van der Waals surface area (Å²) in [4.78, 5) is 0. The highest BCUT2D eigenvalue weighted by Gasteiger charge is 2.12. The van der Waals surface area contributed by atoms with Crippen LogP contribution in [0.5, 0.6) is 0 Å². The second-order valence-corrected chi connectivity index (χ2v) is 4.38. The van der Waals surface area contributed by atoms with Gasteiger partial charge in [0.2, 0.25) is 0 Å². The summed E-state index contributed by atoms with van der Waals surface area (Å²) in [6, 6.07) is 8.38. The number of rotatable bonds is 3. The Morgan fingerprint density at radius 3 is 2.57 bits per heavy atom. The van der Waals surface area contributed by atoms with Crippen molar-refractivity contribution >= 4 is 28.3 Å². The lowest BCUT2D eigenvalue weighted by Gasteiger charge is -2.18. The van der Waals surface area contributed by atoms with Gasteiger partial charge < -0.3 is 5.73 Å². The molecular weight excluding hydrogens is 261 g/mol. The Kier molecular flexibility index (Phi) is 6.41. The van der Waals surface area contributed by atoms with E-state index in [2.05, 4.69) is 41.9 Å². The van der Waals surface area contributed by atoms with Gasteiger partial charge in [-0.25, -0.2) is 0 Å². The lowest BCUT2D eigenvalue weighted by molar-refractivity contribution is 0.457. The first kappa shape index (κ1) is 13.9. The average Bonchev–Trinajstić information content (AvgIpc) is 2.15. The molecule has 3 heteroatoms. The highest BCUT2D eigenvalue weighted by molar-refractivity contribution is 9.10. The van der Waals surface area contributed by atoms with Crippen LogP contribution in [0.1, 0.15) is 31.9 Å². The molecule has 0 heterocycles. The van der Waals surface area contributed by atoms with E-state index in [0.717, 1.165) is 10.9 Å². The van der Waals surface area contributed by atoms with Gasteiger partial charge in [0.15, 0.2) is 0 Å². The maximum absolute atomic E-state index is 6.10. The first-order valence-corrected chi connectivity index (χ1v) is 5.45. The normalized spacial score (nSPS) is 14.3. The van der Waals surface area contributed by atoms with Crippen LogP contribution in [0.15, 0.2) is 28.7 Å². The second-order valence-electron chi connectivity index (χ2n) is 3.47. The quantitative estimate of drug-likeness (QED) is 0.891. The summed E-state index contributed by atoms with van der Waals surface area (Å²) in [7, 11) is 0. The topological polar surface area (TPSA) is 26.0 Å². The molecule has 14 heavy (non-hydrogen) atoms. The molecule has 2 atom stereocenters. The lowest BCUT2D eigenvalue weighted by atomic mass is 9.93. The van der Waals surface area contributed by atoms with E-state index in [4.69, 9.17) is 5.73 Å². The first-order valence-electron chi connectivity index (χ1n) is 4.66. The monoisotopic (exact) mass is 277 g/mol. The van der Waals surface area contributed by atoms with Gasteiger partial charge in [-0.1, -0.05) is 48.3 Å². The Balaban J connectivity index is 0.00000169. The highest BCUT2D eigenvalue weighted by atomic mass is 79.9. The summed E-state index contributed by atoms with van der Waals surface area (Å²) < 4.78 is 1.10. The zero-order chi connectivity index (χ0) is 9.84. The molecule has 0 saturated heterocycles.